The molecule has 0 aliphatic heterocycles. The fourth-order valence-electron chi connectivity index (χ4n) is 3.71. The molecule has 4 atom stereocenters. The number of rotatable bonds is 19. The largest absolute Gasteiger partial charge is 0.471 e. The maximum atomic E-state index is 10.9. The first-order chi connectivity index (χ1) is 13.5. The topological polar surface area (TPSA) is 76.0 Å². The van der Waals surface area contributed by atoms with Crippen LogP contribution in [0.1, 0.15) is 112 Å². The minimum absolute atomic E-state index is 0.424. The second kappa shape index (κ2) is 16.7. The van der Waals surface area contributed by atoms with E-state index in [0.29, 0.717) is 18.9 Å². The summed E-state index contributed by atoms with van der Waals surface area (Å²) in [4.78, 5) is 17.7. The summed E-state index contributed by atoms with van der Waals surface area (Å²) in [6.07, 6.45) is 12.4. The summed E-state index contributed by atoms with van der Waals surface area (Å²) >= 11 is 0. The van der Waals surface area contributed by atoms with Crippen molar-refractivity contribution in [3.05, 3.63) is 0 Å². The molecule has 0 aromatic heterocycles. The minimum Gasteiger partial charge on any atom is -0.352 e. The van der Waals surface area contributed by atoms with E-state index < -0.39 is 14.1 Å². The molecule has 0 rings (SSSR count). The summed E-state index contributed by atoms with van der Waals surface area (Å²) in [5.74, 6) is 3.04. The first kappa shape index (κ1) is 29.1. The Balaban J connectivity index is 3.72. The predicted molar refractivity (Wildman–Crippen MR) is 122 cm³/mol. The zero-order chi connectivity index (χ0) is 22.3. The van der Waals surface area contributed by atoms with Gasteiger partial charge in [0.2, 0.25) is 0 Å². The van der Waals surface area contributed by atoms with Gasteiger partial charge in [-0.05, 0) is 36.5 Å². The summed E-state index contributed by atoms with van der Waals surface area (Å²) in [7, 11) is -4.48. The Morgan fingerprint density at radius 2 is 1.14 bits per heavy atom. The Labute approximate surface area is 180 Å². The highest BCUT2D eigenvalue weighted by atomic mass is 31.2. The van der Waals surface area contributed by atoms with E-state index in [1.807, 2.05) is 0 Å². The third-order valence-electron chi connectivity index (χ3n) is 5.77. The maximum absolute atomic E-state index is 10.9. The van der Waals surface area contributed by atoms with Crippen molar-refractivity contribution in [3.8, 4) is 0 Å². The van der Waals surface area contributed by atoms with Gasteiger partial charge in [0.15, 0.2) is 6.29 Å². The maximum Gasteiger partial charge on any atom is 0.471 e. The van der Waals surface area contributed by atoms with E-state index in [0.717, 1.165) is 24.2 Å². The van der Waals surface area contributed by atoms with Crippen LogP contribution in [0, 0.1) is 23.7 Å². The lowest BCUT2D eigenvalue weighted by Gasteiger charge is -2.19. The Kier molecular flexibility index (Phi) is 16.8. The van der Waals surface area contributed by atoms with Crippen LogP contribution in [0.4, 0.5) is 0 Å². The normalized spacial score (nSPS) is 16.7. The van der Waals surface area contributed by atoms with E-state index in [2.05, 4.69) is 39.1 Å². The van der Waals surface area contributed by atoms with Gasteiger partial charge < -0.3 is 14.5 Å². The Hall–Kier alpha value is 0.0700. The molecular formula is C23H49O5P. The summed E-state index contributed by atoms with van der Waals surface area (Å²) in [6.45, 7) is 13.9. The van der Waals surface area contributed by atoms with Gasteiger partial charge in [0.05, 0.1) is 6.61 Å². The molecule has 6 heteroatoms. The average molecular weight is 437 g/mol. The SMILES string of the molecule is CCC(OCCC(C)CCCC(C)CCCC(C)CCCC(C)C)OP(=O)(O)O. The summed E-state index contributed by atoms with van der Waals surface area (Å²) < 4.78 is 21.0. The van der Waals surface area contributed by atoms with Gasteiger partial charge >= 0.3 is 7.82 Å². The Bertz CT molecular complexity index is 423. The van der Waals surface area contributed by atoms with Crippen molar-refractivity contribution in [1.29, 1.82) is 0 Å². The van der Waals surface area contributed by atoms with E-state index in [1.165, 1.54) is 57.8 Å². The molecule has 29 heavy (non-hydrogen) atoms. The van der Waals surface area contributed by atoms with Crippen molar-refractivity contribution in [3.63, 3.8) is 0 Å². The van der Waals surface area contributed by atoms with E-state index in [4.69, 9.17) is 14.5 Å². The third kappa shape index (κ3) is 19.8. The van der Waals surface area contributed by atoms with Crippen LogP contribution in [-0.4, -0.2) is 22.7 Å². The molecule has 5 nitrogen and oxygen atoms in total. The van der Waals surface area contributed by atoms with Crippen LogP contribution >= 0.6 is 7.82 Å². The van der Waals surface area contributed by atoms with Crippen molar-refractivity contribution in [1.82, 2.24) is 0 Å². The highest BCUT2D eigenvalue weighted by molar-refractivity contribution is 7.46. The highest BCUT2D eigenvalue weighted by Crippen LogP contribution is 2.38. The molecule has 0 aromatic rings. The third-order valence-corrected chi connectivity index (χ3v) is 6.28. The van der Waals surface area contributed by atoms with E-state index in [-0.39, 0.29) is 0 Å². The van der Waals surface area contributed by atoms with Crippen LogP contribution in [-0.2, 0) is 13.8 Å². The first-order valence-electron chi connectivity index (χ1n) is 11.9. The van der Waals surface area contributed by atoms with Crippen LogP contribution in [0.2, 0.25) is 0 Å². The average Bonchev–Trinajstić information content (AvgIpc) is 2.59. The molecule has 0 amide bonds. The molecule has 0 fully saturated rings. The summed E-state index contributed by atoms with van der Waals surface area (Å²) in [5.41, 5.74) is 0. The van der Waals surface area contributed by atoms with Crippen molar-refractivity contribution in [2.24, 2.45) is 23.7 Å². The zero-order valence-electron chi connectivity index (χ0n) is 19.9. The molecule has 0 aliphatic carbocycles. The lowest BCUT2D eigenvalue weighted by atomic mass is 9.91. The van der Waals surface area contributed by atoms with E-state index in [1.54, 1.807) is 6.92 Å². The lowest BCUT2D eigenvalue weighted by molar-refractivity contribution is -0.0963. The molecule has 0 aromatic carbocycles. The molecule has 0 aliphatic rings. The molecule has 176 valence electrons. The number of hydrogen-bond acceptors (Lipinski definition) is 3. The number of phosphoric acid groups is 1. The minimum atomic E-state index is -4.48. The molecule has 0 saturated heterocycles. The zero-order valence-corrected chi connectivity index (χ0v) is 20.8. The quantitative estimate of drug-likeness (QED) is 0.164. The fraction of sp³-hybridized carbons (Fsp3) is 1.00. The molecule has 0 spiro atoms. The molecule has 0 radical (unpaired) electrons. The lowest BCUT2D eigenvalue weighted by Crippen LogP contribution is -2.16. The van der Waals surface area contributed by atoms with Crippen molar-refractivity contribution in [2.45, 2.75) is 118 Å². The van der Waals surface area contributed by atoms with Crippen molar-refractivity contribution < 1.29 is 23.6 Å². The van der Waals surface area contributed by atoms with Gasteiger partial charge in [-0.25, -0.2) is 4.57 Å². The first-order valence-corrected chi connectivity index (χ1v) is 13.4. The Morgan fingerprint density at radius 1 is 0.724 bits per heavy atom. The number of phosphoric ester groups is 1. The van der Waals surface area contributed by atoms with E-state index >= 15 is 0 Å². The van der Waals surface area contributed by atoms with Gasteiger partial charge in [0.1, 0.15) is 0 Å². The van der Waals surface area contributed by atoms with E-state index in [9.17, 15) is 4.57 Å². The van der Waals surface area contributed by atoms with Gasteiger partial charge in [0.25, 0.3) is 0 Å². The molecule has 0 bridgehead atoms. The molecule has 0 saturated carbocycles. The summed E-state index contributed by atoms with van der Waals surface area (Å²) in [5, 5.41) is 0. The van der Waals surface area contributed by atoms with Crippen LogP contribution in [0.5, 0.6) is 0 Å². The molecule has 2 N–H and O–H groups in total. The number of hydrogen-bond donors (Lipinski definition) is 2. The van der Waals surface area contributed by atoms with Crippen LogP contribution in [0.3, 0.4) is 0 Å². The van der Waals surface area contributed by atoms with Crippen LogP contribution < -0.4 is 0 Å². The monoisotopic (exact) mass is 436 g/mol. The van der Waals surface area contributed by atoms with Crippen LogP contribution in [0.15, 0.2) is 0 Å². The number of ether oxygens (including phenoxy) is 1. The molecule has 0 heterocycles. The van der Waals surface area contributed by atoms with Crippen LogP contribution in [0.25, 0.3) is 0 Å². The van der Waals surface area contributed by atoms with Crippen molar-refractivity contribution >= 4 is 7.82 Å². The fourth-order valence-corrected chi connectivity index (χ4v) is 4.23. The predicted octanol–water partition coefficient (Wildman–Crippen LogP) is 7.31. The molecular weight excluding hydrogens is 387 g/mol. The second-order valence-electron chi connectivity index (χ2n) is 9.60. The van der Waals surface area contributed by atoms with Gasteiger partial charge in [-0.3, -0.25) is 4.52 Å². The van der Waals surface area contributed by atoms with Gasteiger partial charge in [-0.2, -0.15) is 0 Å². The van der Waals surface area contributed by atoms with Gasteiger partial charge in [-0.15, -0.1) is 0 Å². The van der Waals surface area contributed by atoms with Crippen molar-refractivity contribution in [2.75, 3.05) is 6.61 Å². The van der Waals surface area contributed by atoms with Gasteiger partial charge in [-0.1, -0.05) is 99.3 Å². The smallest absolute Gasteiger partial charge is 0.352 e. The second-order valence-corrected chi connectivity index (χ2v) is 10.8. The molecule has 4 unspecified atom stereocenters. The highest BCUT2D eigenvalue weighted by Gasteiger charge is 2.21. The summed E-state index contributed by atoms with van der Waals surface area (Å²) in [6, 6.07) is 0. The standard InChI is InChI=1S/C23H49O5P/c1-7-23(28-29(24,25)26)27-18-17-22(6)16-10-15-21(5)14-9-13-20(4)12-8-11-19(2)3/h19-23H,7-18H2,1-6H3,(H2,24,25,26). The Morgan fingerprint density at radius 3 is 1.52 bits per heavy atom. The van der Waals surface area contributed by atoms with Gasteiger partial charge in [0, 0.05) is 0 Å².